The average Bonchev–Trinajstić information content (AvgIpc) is 2.53. The molecule has 6 nitrogen and oxygen atoms in total. The van der Waals surface area contributed by atoms with Crippen molar-refractivity contribution in [3.05, 3.63) is 30.3 Å². The average molecular weight is 326 g/mol. The van der Waals surface area contributed by atoms with Crippen LogP contribution < -0.4 is 5.73 Å². The van der Waals surface area contributed by atoms with Crippen LogP contribution in [0.15, 0.2) is 35.2 Å². The number of carbonyl (C=O) groups excluding carboxylic acids is 1. The number of rotatable bonds is 6. The minimum atomic E-state index is -3.60. The van der Waals surface area contributed by atoms with Crippen molar-refractivity contribution in [3.8, 4) is 0 Å². The number of piperidine rings is 1. The van der Waals surface area contributed by atoms with Gasteiger partial charge in [0, 0.05) is 20.1 Å². The van der Waals surface area contributed by atoms with Crippen molar-refractivity contribution in [1.29, 1.82) is 0 Å². The molecule has 2 rings (SSSR count). The van der Waals surface area contributed by atoms with Crippen molar-refractivity contribution in [3.63, 3.8) is 0 Å². The summed E-state index contributed by atoms with van der Waals surface area (Å²) in [6.45, 7) is 0.431. The lowest BCUT2D eigenvalue weighted by Crippen LogP contribution is -2.51. The highest BCUT2D eigenvalue weighted by atomic mass is 32.2. The molecule has 0 unspecified atom stereocenters. The Morgan fingerprint density at radius 2 is 2.05 bits per heavy atom. The number of methoxy groups -OCH3 is 1. The second-order valence-electron chi connectivity index (χ2n) is 5.42. The predicted molar refractivity (Wildman–Crippen MR) is 82.6 cm³/mol. The lowest BCUT2D eigenvalue weighted by molar-refractivity contribution is -0.118. The van der Waals surface area contributed by atoms with E-state index in [1.54, 1.807) is 37.4 Å². The minimum Gasteiger partial charge on any atom is -0.380 e. The van der Waals surface area contributed by atoms with Crippen molar-refractivity contribution in [2.24, 2.45) is 5.73 Å². The molecule has 1 heterocycles. The summed E-state index contributed by atoms with van der Waals surface area (Å²) in [6.07, 6.45) is 1.82. The fourth-order valence-corrected chi connectivity index (χ4v) is 4.65. The van der Waals surface area contributed by atoms with Gasteiger partial charge in [0.1, 0.15) is 0 Å². The SMILES string of the molecule is CO[C@H]1CCCN(S(=O)(=O)c2ccccc2)[C@H]1CCC(N)=O. The quantitative estimate of drug-likeness (QED) is 0.848. The van der Waals surface area contributed by atoms with E-state index in [4.69, 9.17) is 10.5 Å². The Balaban J connectivity index is 2.30. The maximum Gasteiger partial charge on any atom is 0.243 e. The van der Waals surface area contributed by atoms with E-state index in [0.717, 1.165) is 12.8 Å². The molecule has 7 heteroatoms. The predicted octanol–water partition coefficient (Wildman–Crippen LogP) is 1.12. The van der Waals surface area contributed by atoms with Crippen LogP contribution in [-0.4, -0.2) is 44.4 Å². The molecule has 1 aliphatic rings. The molecule has 2 N–H and O–H groups in total. The van der Waals surface area contributed by atoms with Crippen LogP contribution in [0.4, 0.5) is 0 Å². The molecule has 22 heavy (non-hydrogen) atoms. The number of hydrogen-bond donors (Lipinski definition) is 1. The van der Waals surface area contributed by atoms with Crippen molar-refractivity contribution >= 4 is 15.9 Å². The molecule has 0 spiro atoms. The van der Waals surface area contributed by atoms with Crippen molar-refractivity contribution in [2.45, 2.75) is 42.7 Å². The number of benzene rings is 1. The van der Waals surface area contributed by atoms with E-state index in [9.17, 15) is 13.2 Å². The summed E-state index contributed by atoms with van der Waals surface area (Å²) in [5.41, 5.74) is 5.21. The topological polar surface area (TPSA) is 89.7 Å². The molecule has 1 amide bonds. The van der Waals surface area contributed by atoms with Gasteiger partial charge < -0.3 is 10.5 Å². The van der Waals surface area contributed by atoms with Crippen molar-refractivity contribution in [2.75, 3.05) is 13.7 Å². The summed E-state index contributed by atoms with van der Waals surface area (Å²) in [7, 11) is -2.03. The number of ether oxygens (including phenoxy) is 1. The van der Waals surface area contributed by atoms with Crippen LogP contribution in [0.1, 0.15) is 25.7 Å². The number of amides is 1. The molecule has 1 aromatic rings. The fraction of sp³-hybridized carbons (Fsp3) is 0.533. The van der Waals surface area contributed by atoms with Crippen LogP contribution >= 0.6 is 0 Å². The minimum absolute atomic E-state index is 0.144. The molecule has 2 atom stereocenters. The molecule has 0 aromatic heterocycles. The number of hydrogen-bond acceptors (Lipinski definition) is 4. The first-order valence-corrected chi connectivity index (χ1v) is 8.79. The van der Waals surface area contributed by atoms with E-state index < -0.39 is 15.9 Å². The van der Waals surface area contributed by atoms with Gasteiger partial charge in [-0.3, -0.25) is 4.79 Å². The smallest absolute Gasteiger partial charge is 0.243 e. The number of nitrogens with zero attached hydrogens (tertiary/aromatic N) is 1. The van der Waals surface area contributed by atoms with E-state index in [0.29, 0.717) is 13.0 Å². The Kier molecular flexibility index (Phi) is 5.55. The van der Waals surface area contributed by atoms with Crippen molar-refractivity contribution in [1.82, 2.24) is 4.31 Å². The van der Waals surface area contributed by atoms with E-state index >= 15 is 0 Å². The number of nitrogens with two attached hydrogens (primary N) is 1. The Labute approximate surface area is 131 Å². The molecular formula is C15H22N2O4S. The Morgan fingerprint density at radius 3 is 2.64 bits per heavy atom. The van der Waals surface area contributed by atoms with E-state index in [2.05, 4.69) is 0 Å². The summed E-state index contributed by atoms with van der Waals surface area (Å²) >= 11 is 0. The lowest BCUT2D eigenvalue weighted by Gasteiger charge is -2.39. The van der Waals surface area contributed by atoms with Gasteiger partial charge in [-0.2, -0.15) is 4.31 Å². The molecule has 122 valence electrons. The Morgan fingerprint density at radius 1 is 1.36 bits per heavy atom. The van der Waals surface area contributed by atoms with Gasteiger partial charge in [-0.15, -0.1) is 0 Å². The number of primary amides is 1. The van der Waals surface area contributed by atoms with Gasteiger partial charge in [-0.25, -0.2) is 8.42 Å². The van der Waals surface area contributed by atoms with Gasteiger partial charge in [-0.05, 0) is 31.4 Å². The zero-order valence-corrected chi connectivity index (χ0v) is 13.5. The van der Waals surface area contributed by atoms with Crippen LogP contribution in [0, 0.1) is 0 Å². The molecule has 1 aromatic carbocycles. The normalized spacial score (nSPS) is 23.3. The Bertz CT molecular complexity index is 603. The van der Waals surface area contributed by atoms with Gasteiger partial charge in [-0.1, -0.05) is 18.2 Å². The molecular weight excluding hydrogens is 304 g/mol. The monoisotopic (exact) mass is 326 g/mol. The second kappa shape index (κ2) is 7.21. The van der Waals surface area contributed by atoms with E-state index in [1.165, 1.54) is 4.31 Å². The zero-order chi connectivity index (χ0) is 16.2. The lowest BCUT2D eigenvalue weighted by atomic mass is 9.97. The summed E-state index contributed by atoms with van der Waals surface area (Å²) in [5, 5.41) is 0. The fourth-order valence-electron chi connectivity index (χ4n) is 2.91. The van der Waals surface area contributed by atoms with E-state index in [-0.39, 0.29) is 23.5 Å². The largest absolute Gasteiger partial charge is 0.380 e. The summed E-state index contributed by atoms with van der Waals surface area (Å²) in [6, 6.07) is 7.97. The first-order chi connectivity index (χ1) is 10.5. The number of sulfonamides is 1. The third kappa shape index (κ3) is 3.66. The molecule has 1 aliphatic heterocycles. The third-order valence-electron chi connectivity index (χ3n) is 4.01. The molecule has 1 fully saturated rings. The summed E-state index contributed by atoms with van der Waals surface area (Å²) in [5.74, 6) is -0.433. The second-order valence-corrected chi connectivity index (χ2v) is 7.31. The molecule has 0 aliphatic carbocycles. The molecule has 0 radical (unpaired) electrons. The van der Waals surface area contributed by atoms with Crippen LogP contribution in [0.3, 0.4) is 0 Å². The molecule has 0 bridgehead atoms. The first kappa shape index (κ1) is 16.9. The van der Waals surface area contributed by atoms with Crippen LogP contribution in [0.25, 0.3) is 0 Å². The molecule has 1 saturated heterocycles. The first-order valence-electron chi connectivity index (χ1n) is 7.35. The van der Waals surface area contributed by atoms with Gasteiger partial charge in [0.25, 0.3) is 0 Å². The summed E-state index contributed by atoms with van der Waals surface area (Å²) in [4.78, 5) is 11.3. The van der Waals surface area contributed by atoms with Crippen molar-refractivity contribution < 1.29 is 17.9 Å². The van der Waals surface area contributed by atoms with Gasteiger partial charge in [0.05, 0.1) is 17.0 Å². The highest BCUT2D eigenvalue weighted by Crippen LogP contribution is 2.29. The highest BCUT2D eigenvalue weighted by Gasteiger charge is 2.39. The van der Waals surface area contributed by atoms with Crippen LogP contribution in [-0.2, 0) is 19.6 Å². The standard InChI is InChI=1S/C15H22N2O4S/c1-21-14-8-5-11-17(13(14)9-10-15(16)18)22(19,20)12-6-3-2-4-7-12/h2-4,6-7,13-14H,5,8-11H2,1H3,(H2,16,18)/t13-,14-/m0/s1. The van der Waals surface area contributed by atoms with Gasteiger partial charge in [0.2, 0.25) is 15.9 Å². The maximum absolute atomic E-state index is 12.9. The molecule has 0 saturated carbocycles. The zero-order valence-electron chi connectivity index (χ0n) is 12.6. The Hall–Kier alpha value is -1.44. The van der Waals surface area contributed by atoms with Gasteiger partial charge in [0.15, 0.2) is 0 Å². The number of carbonyl (C=O) groups is 1. The highest BCUT2D eigenvalue weighted by molar-refractivity contribution is 7.89. The summed E-state index contributed by atoms with van der Waals surface area (Å²) < 4.78 is 32.6. The third-order valence-corrected chi connectivity index (χ3v) is 5.94. The van der Waals surface area contributed by atoms with E-state index in [1.807, 2.05) is 0 Å². The van der Waals surface area contributed by atoms with Crippen LogP contribution in [0.5, 0.6) is 0 Å². The van der Waals surface area contributed by atoms with Crippen LogP contribution in [0.2, 0.25) is 0 Å². The maximum atomic E-state index is 12.9. The van der Waals surface area contributed by atoms with Gasteiger partial charge >= 0.3 is 0 Å².